The number of hydrogen-bond acceptors (Lipinski definition) is 9. The summed E-state index contributed by atoms with van der Waals surface area (Å²) in [7, 11) is 1.32. The van der Waals surface area contributed by atoms with Gasteiger partial charge >= 0.3 is 12.1 Å². The molecular weight excluding hydrogens is 916 g/mol. The Bertz CT molecular complexity index is 1690. The van der Waals surface area contributed by atoms with Gasteiger partial charge in [-0.2, -0.15) is 0 Å². The molecule has 5 heterocycles. The number of fused-ring (bicyclic) bond motifs is 2. The zero-order valence-electron chi connectivity index (χ0n) is 23.7. The number of amides is 3. The SMILES string of the molecule is CC(C)(C)OC(=O)N1Cc2c(Cl)ncc(Br)c2C1=O.COC(=O)c1c(Br)cnc(Cl)c1CBr.O=C1NCc2c(Cl)ncc(Br)c21. The molecule has 0 unspecified atom stereocenters. The highest BCUT2D eigenvalue weighted by molar-refractivity contribution is 9.11. The maximum atomic E-state index is 12.2. The second kappa shape index (κ2) is 15.8. The number of methoxy groups -OCH3 is 1. The summed E-state index contributed by atoms with van der Waals surface area (Å²) in [6.45, 7) is 5.77. The highest BCUT2D eigenvalue weighted by Crippen LogP contribution is 2.34. The van der Waals surface area contributed by atoms with Crippen molar-refractivity contribution in [1.29, 1.82) is 0 Å². The molecule has 0 spiro atoms. The average Bonchev–Trinajstić information content (AvgIpc) is 3.55. The smallest absolute Gasteiger partial charge is 0.417 e. The Kier molecular flexibility index (Phi) is 13.2. The summed E-state index contributed by atoms with van der Waals surface area (Å²) < 4.78 is 11.6. The minimum atomic E-state index is -0.684. The summed E-state index contributed by atoms with van der Waals surface area (Å²) in [5.41, 5.74) is 2.65. The highest BCUT2D eigenvalue weighted by Gasteiger charge is 2.38. The lowest BCUT2D eigenvalue weighted by molar-refractivity contribution is 0.0247. The Morgan fingerprint density at radius 1 is 0.911 bits per heavy atom. The first kappa shape index (κ1) is 37.6. The van der Waals surface area contributed by atoms with Gasteiger partial charge in [0.05, 0.1) is 34.8 Å². The number of esters is 1. The maximum absolute atomic E-state index is 12.2. The number of rotatable bonds is 2. The van der Waals surface area contributed by atoms with E-state index in [1.807, 2.05) is 0 Å². The number of ether oxygens (including phenoxy) is 2. The minimum absolute atomic E-state index is 0.0777. The zero-order valence-corrected chi connectivity index (χ0v) is 32.3. The fourth-order valence-corrected chi connectivity index (χ4v) is 6.69. The largest absolute Gasteiger partial charge is 0.465 e. The lowest BCUT2D eigenvalue weighted by atomic mass is 10.1. The normalized spacial score (nSPS) is 13.1. The van der Waals surface area contributed by atoms with Crippen LogP contribution in [0.2, 0.25) is 15.5 Å². The summed E-state index contributed by atoms with van der Waals surface area (Å²) in [4.78, 5) is 59.6. The molecule has 5 rings (SSSR count). The molecule has 0 aromatic carbocycles. The van der Waals surface area contributed by atoms with Gasteiger partial charge in [0.25, 0.3) is 11.8 Å². The van der Waals surface area contributed by atoms with Gasteiger partial charge in [0.15, 0.2) is 0 Å². The van der Waals surface area contributed by atoms with E-state index in [0.717, 1.165) is 10.5 Å². The van der Waals surface area contributed by atoms with Gasteiger partial charge in [-0.1, -0.05) is 50.7 Å². The molecule has 3 amide bonds. The summed E-state index contributed by atoms with van der Waals surface area (Å²) in [6.07, 6.45) is 3.77. The van der Waals surface area contributed by atoms with Crippen molar-refractivity contribution < 1.29 is 28.7 Å². The van der Waals surface area contributed by atoms with E-state index < -0.39 is 23.6 Å². The van der Waals surface area contributed by atoms with Crippen LogP contribution < -0.4 is 5.32 Å². The molecule has 3 aromatic rings. The third-order valence-electron chi connectivity index (χ3n) is 5.81. The van der Waals surface area contributed by atoms with Crippen LogP contribution in [0.3, 0.4) is 0 Å². The third kappa shape index (κ3) is 8.93. The molecule has 2 aliphatic rings. The summed E-state index contributed by atoms with van der Waals surface area (Å²) >= 11 is 30.5. The van der Waals surface area contributed by atoms with Crippen molar-refractivity contribution >= 4 is 122 Å². The van der Waals surface area contributed by atoms with E-state index in [9.17, 15) is 19.2 Å². The van der Waals surface area contributed by atoms with Crippen LogP contribution in [0, 0.1) is 0 Å². The molecule has 0 saturated heterocycles. The molecule has 18 heteroatoms. The Morgan fingerprint density at radius 2 is 1.44 bits per heavy atom. The second-order valence-corrected chi connectivity index (χ2v) is 14.1. The molecular formula is C27H22Br4Cl3N5O6. The van der Waals surface area contributed by atoms with Gasteiger partial charge in [-0.15, -0.1) is 0 Å². The first-order valence-electron chi connectivity index (χ1n) is 12.5. The van der Waals surface area contributed by atoms with Crippen LogP contribution in [0.5, 0.6) is 0 Å². The minimum Gasteiger partial charge on any atom is -0.465 e. The topological polar surface area (TPSA) is 141 Å². The second-order valence-electron chi connectivity index (χ2n) is 9.93. The van der Waals surface area contributed by atoms with E-state index in [1.165, 1.54) is 25.7 Å². The summed E-state index contributed by atoms with van der Waals surface area (Å²) in [6, 6.07) is 0. The van der Waals surface area contributed by atoms with Crippen molar-refractivity contribution in [2.75, 3.05) is 7.11 Å². The number of imide groups is 1. The van der Waals surface area contributed by atoms with E-state index in [4.69, 9.17) is 39.5 Å². The first-order valence-corrected chi connectivity index (χ1v) is 17.1. The number of carbonyl (C=O) groups is 4. The Balaban J connectivity index is 0.000000190. The van der Waals surface area contributed by atoms with Crippen molar-refractivity contribution in [2.45, 2.75) is 44.8 Å². The Morgan fingerprint density at radius 3 is 1.96 bits per heavy atom. The molecule has 0 aliphatic carbocycles. The Labute approximate surface area is 306 Å². The van der Waals surface area contributed by atoms with Crippen LogP contribution in [-0.4, -0.2) is 56.4 Å². The van der Waals surface area contributed by atoms with Gasteiger partial charge in [0.1, 0.15) is 21.1 Å². The highest BCUT2D eigenvalue weighted by atomic mass is 79.9. The standard InChI is InChI=1S/C12H12BrClN2O3.C8H6Br2ClNO2.C7H4BrClN2O/c1-12(2,3)19-11(18)16-5-6-8(10(16)17)7(13)4-15-9(6)14;1-14-8(13)6-4(2-9)7(11)12-3-5(6)10;8-4-2-10-6(9)3-1-11-7(12)5(3)4/h4H,5H2,1-3H3;3H,2H2,1H3;2H,1H2,(H,11,12). The fraction of sp³-hybridized carbons (Fsp3) is 0.296. The zero-order chi connectivity index (χ0) is 33.8. The summed E-state index contributed by atoms with van der Waals surface area (Å²) in [5.74, 6) is -0.961. The maximum Gasteiger partial charge on any atom is 0.417 e. The van der Waals surface area contributed by atoms with Gasteiger partial charge in [-0.05, 0) is 68.6 Å². The van der Waals surface area contributed by atoms with E-state index in [0.29, 0.717) is 63.4 Å². The van der Waals surface area contributed by atoms with Crippen molar-refractivity contribution in [3.8, 4) is 0 Å². The predicted molar refractivity (Wildman–Crippen MR) is 182 cm³/mol. The molecule has 1 N–H and O–H groups in total. The third-order valence-corrected chi connectivity index (χ3v) is 9.15. The van der Waals surface area contributed by atoms with Crippen molar-refractivity contribution in [2.24, 2.45) is 0 Å². The molecule has 0 atom stereocenters. The number of carbonyl (C=O) groups excluding carboxylic acids is 4. The van der Waals surface area contributed by atoms with E-state index in [1.54, 1.807) is 20.8 Å². The van der Waals surface area contributed by atoms with Gasteiger partial charge in [-0.25, -0.2) is 29.4 Å². The van der Waals surface area contributed by atoms with Gasteiger partial charge in [0, 0.05) is 56.1 Å². The quantitative estimate of drug-likeness (QED) is 0.153. The lowest BCUT2D eigenvalue weighted by Gasteiger charge is -2.23. The van der Waals surface area contributed by atoms with Crippen molar-refractivity contribution in [3.05, 3.63) is 80.8 Å². The first-order chi connectivity index (χ1) is 21.0. The number of nitrogens with one attached hydrogen (secondary N) is 1. The fourth-order valence-electron chi connectivity index (χ4n) is 3.82. The van der Waals surface area contributed by atoms with Crippen LogP contribution in [0.1, 0.15) is 68.5 Å². The monoisotopic (exact) mass is 933 g/mol. The number of halogens is 7. The van der Waals surface area contributed by atoms with Crippen molar-refractivity contribution in [3.63, 3.8) is 0 Å². The predicted octanol–water partition coefficient (Wildman–Crippen LogP) is 8.31. The van der Waals surface area contributed by atoms with Crippen LogP contribution in [0.15, 0.2) is 32.0 Å². The molecule has 11 nitrogen and oxygen atoms in total. The molecule has 0 radical (unpaired) electrons. The molecule has 0 bridgehead atoms. The number of nitrogens with zero attached hydrogens (tertiary/aromatic N) is 4. The van der Waals surface area contributed by atoms with E-state index in [2.05, 4.69) is 88.7 Å². The number of alkyl halides is 1. The van der Waals surface area contributed by atoms with Crippen LogP contribution in [-0.2, 0) is 27.9 Å². The van der Waals surface area contributed by atoms with Crippen LogP contribution >= 0.6 is 98.5 Å². The van der Waals surface area contributed by atoms with Gasteiger partial charge < -0.3 is 14.8 Å². The Hall–Kier alpha value is -1.88. The molecule has 240 valence electrons. The van der Waals surface area contributed by atoms with Crippen LogP contribution in [0.4, 0.5) is 4.79 Å². The van der Waals surface area contributed by atoms with E-state index in [-0.39, 0.29) is 17.6 Å². The summed E-state index contributed by atoms with van der Waals surface area (Å²) in [5, 5.41) is 4.03. The molecule has 0 saturated carbocycles. The number of pyridine rings is 3. The van der Waals surface area contributed by atoms with Gasteiger partial charge in [0.2, 0.25) is 0 Å². The van der Waals surface area contributed by atoms with Gasteiger partial charge in [-0.3, -0.25) is 9.59 Å². The average molecular weight is 938 g/mol. The molecule has 45 heavy (non-hydrogen) atoms. The lowest BCUT2D eigenvalue weighted by Crippen LogP contribution is -2.36. The number of aromatic nitrogens is 3. The molecule has 2 aliphatic heterocycles. The van der Waals surface area contributed by atoms with Crippen LogP contribution in [0.25, 0.3) is 0 Å². The molecule has 3 aromatic heterocycles. The van der Waals surface area contributed by atoms with E-state index >= 15 is 0 Å². The van der Waals surface area contributed by atoms with Crippen molar-refractivity contribution in [1.82, 2.24) is 25.2 Å². The number of hydrogen-bond donors (Lipinski definition) is 1. The molecule has 0 fully saturated rings.